The summed E-state index contributed by atoms with van der Waals surface area (Å²) in [5, 5.41) is 9.16. The number of fused-ring (bicyclic) bond motifs is 1. The number of aromatic nitrogens is 3. The predicted octanol–water partition coefficient (Wildman–Crippen LogP) is 3.44. The van der Waals surface area contributed by atoms with E-state index in [2.05, 4.69) is 39.4 Å². The van der Waals surface area contributed by atoms with Crippen molar-refractivity contribution in [1.82, 2.24) is 20.1 Å². The fourth-order valence-corrected chi connectivity index (χ4v) is 3.77. The first kappa shape index (κ1) is 15.8. The van der Waals surface area contributed by atoms with Gasteiger partial charge in [-0.2, -0.15) is 5.10 Å². The van der Waals surface area contributed by atoms with Gasteiger partial charge in [-0.05, 0) is 48.6 Å². The van der Waals surface area contributed by atoms with E-state index in [0.717, 1.165) is 38.8 Å². The zero-order valence-electron chi connectivity index (χ0n) is 14.2. The molecule has 1 aliphatic heterocycles. The highest BCUT2D eigenvalue weighted by atomic mass is 16.2. The fraction of sp³-hybridized carbons (Fsp3) is 0.350. The number of amides is 1. The summed E-state index contributed by atoms with van der Waals surface area (Å²) in [6.07, 6.45) is 9.81. The summed E-state index contributed by atoms with van der Waals surface area (Å²) >= 11 is 0. The number of carbonyl (C=O) groups is 1. The largest absolute Gasteiger partial charge is 0.337 e. The van der Waals surface area contributed by atoms with Crippen LogP contribution in [0.15, 0.2) is 48.9 Å². The summed E-state index contributed by atoms with van der Waals surface area (Å²) in [7, 11) is 0. The van der Waals surface area contributed by atoms with E-state index in [1.54, 1.807) is 12.3 Å². The van der Waals surface area contributed by atoms with Gasteiger partial charge in [-0.15, -0.1) is 0 Å². The molecule has 128 valence electrons. The highest BCUT2D eigenvalue weighted by Gasteiger charge is 2.22. The van der Waals surface area contributed by atoms with Gasteiger partial charge in [-0.3, -0.25) is 14.9 Å². The number of rotatable bonds is 3. The molecule has 1 unspecified atom stereocenters. The standard InChI is InChI=1S/C20H22N4O/c25-20(19-7-9-22-23-19)24-10-3-4-15(8-11-24)12-17-14-21-13-16-5-1-2-6-18(16)17/h1-2,5-7,9,13-15H,3-4,8,10-12H2,(H,22,23). The first-order valence-corrected chi connectivity index (χ1v) is 8.91. The lowest BCUT2D eigenvalue weighted by Crippen LogP contribution is -2.32. The minimum atomic E-state index is 0.0602. The van der Waals surface area contributed by atoms with Crippen molar-refractivity contribution in [1.29, 1.82) is 0 Å². The molecule has 4 rings (SSSR count). The molecule has 1 saturated heterocycles. The molecule has 1 aliphatic rings. The molecule has 3 heterocycles. The van der Waals surface area contributed by atoms with Crippen molar-refractivity contribution in [2.45, 2.75) is 25.7 Å². The van der Waals surface area contributed by atoms with Crippen LogP contribution < -0.4 is 0 Å². The number of nitrogens with zero attached hydrogens (tertiary/aromatic N) is 3. The smallest absolute Gasteiger partial charge is 0.271 e. The topological polar surface area (TPSA) is 61.9 Å². The SMILES string of the molecule is O=C(c1ccn[nH]1)N1CCCC(Cc2cncc3ccccc23)CC1. The van der Waals surface area contributed by atoms with Gasteiger partial charge in [-0.1, -0.05) is 24.3 Å². The summed E-state index contributed by atoms with van der Waals surface area (Å²) in [5.41, 5.74) is 1.90. The zero-order valence-corrected chi connectivity index (χ0v) is 14.2. The van der Waals surface area contributed by atoms with E-state index in [-0.39, 0.29) is 5.91 Å². The lowest BCUT2D eigenvalue weighted by Gasteiger charge is -2.20. The molecule has 1 aromatic carbocycles. The van der Waals surface area contributed by atoms with Crippen LogP contribution in [0, 0.1) is 5.92 Å². The van der Waals surface area contributed by atoms with E-state index in [1.807, 2.05) is 17.3 Å². The van der Waals surface area contributed by atoms with Crippen LogP contribution in [-0.4, -0.2) is 39.1 Å². The first-order valence-electron chi connectivity index (χ1n) is 8.91. The van der Waals surface area contributed by atoms with Crippen LogP contribution in [0.4, 0.5) is 0 Å². The molecule has 5 heteroatoms. The van der Waals surface area contributed by atoms with Crippen molar-refractivity contribution >= 4 is 16.7 Å². The van der Waals surface area contributed by atoms with Gasteiger partial charge in [-0.25, -0.2) is 0 Å². The Morgan fingerprint density at radius 2 is 2.08 bits per heavy atom. The maximum Gasteiger partial charge on any atom is 0.271 e. The maximum absolute atomic E-state index is 12.5. The van der Waals surface area contributed by atoms with Gasteiger partial charge in [0.15, 0.2) is 0 Å². The third kappa shape index (κ3) is 3.40. The van der Waals surface area contributed by atoms with Crippen LogP contribution in [0.3, 0.4) is 0 Å². The number of aromatic amines is 1. The second-order valence-corrected chi connectivity index (χ2v) is 6.78. The highest BCUT2D eigenvalue weighted by molar-refractivity contribution is 5.92. The molecule has 0 bridgehead atoms. The monoisotopic (exact) mass is 334 g/mol. The molecule has 2 aromatic heterocycles. The number of H-pyrrole nitrogens is 1. The lowest BCUT2D eigenvalue weighted by atomic mass is 9.91. The van der Waals surface area contributed by atoms with Crippen LogP contribution in [-0.2, 0) is 6.42 Å². The Hall–Kier alpha value is -2.69. The second-order valence-electron chi connectivity index (χ2n) is 6.78. The van der Waals surface area contributed by atoms with E-state index in [0.29, 0.717) is 11.6 Å². The molecule has 0 aliphatic carbocycles. The maximum atomic E-state index is 12.5. The molecule has 0 spiro atoms. The molecular weight excluding hydrogens is 312 g/mol. The average molecular weight is 334 g/mol. The fourth-order valence-electron chi connectivity index (χ4n) is 3.77. The Morgan fingerprint density at radius 1 is 1.16 bits per heavy atom. The van der Waals surface area contributed by atoms with Gasteiger partial charge < -0.3 is 4.90 Å². The van der Waals surface area contributed by atoms with Crippen molar-refractivity contribution < 1.29 is 4.79 Å². The number of hydrogen-bond acceptors (Lipinski definition) is 3. The van der Waals surface area contributed by atoms with Gasteiger partial charge in [0.25, 0.3) is 5.91 Å². The van der Waals surface area contributed by atoms with Gasteiger partial charge in [0.2, 0.25) is 0 Å². The van der Waals surface area contributed by atoms with Crippen LogP contribution in [0.1, 0.15) is 35.3 Å². The molecule has 0 saturated carbocycles. The van der Waals surface area contributed by atoms with Crippen molar-refractivity contribution in [3.63, 3.8) is 0 Å². The summed E-state index contributed by atoms with van der Waals surface area (Å²) in [6, 6.07) is 10.2. The van der Waals surface area contributed by atoms with Crippen molar-refractivity contribution in [2.24, 2.45) is 5.92 Å². The second kappa shape index (κ2) is 7.05. The summed E-state index contributed by atoms with van der Waals surface area (Å²) < 4.78 is 0. The Bertz CT molecular complexity index is 854. The Labute approximate surface area is 147 Å². The number of nitrogens with one attached hydrogen (secondary N) is 1. The Morgan fingerprint density at radius 3 is 2.96 bits per heavy atom. The number of hydrogen-bond donors (Lipinski definition) is 1. The number of benzene rings is 1. The van der Waals surface area contributed by atoms with Gasteiger partial charge >= 0.3 is 0 Å². The Kier molecular flexibility index (Phi) is 4.46. The third-order valence-electron chi connectivity index (χ3n) is 5.13. The zero-order chi connectivity index (χ0) is 17.1. The molecular formula is C20H22N4O. The van der Waals surface area contributed by atoms with E-state index < -0.39 is 0 Å². The van der Waals surface area contributed by atoms with E-state index in [9.17, 15) is 4.79 Å². The van der Waals surface area contributed by atoms with E-state index >= 15 is 0 Å². The Balaban J connectivity index is 1.45. The van der Waals surface area contributed by atoms with Crippen molar-refractivity contribution in [3.05, 3.63) is 60.2 Å². The first-order chi connectivity index (χ1) is 12.3. The molecule has 1 amide bonds. The van der Waals surface area contributed by atoms with Crippen LogP contribution >= 0.6 is 0 Å². The lowest BCUT2D eigenvalue weighted by molar-refractivity contribution is 0.0754. The molecule has 5 nitrogen and oxygen atoms in total. The van der Waals surface area contributed by atoms with E-state index in [4.69, 9.17) is 0 Å². The molecule has 3 aromatic rings. The average Bonchev–Trinajstić information content (AvgIpc) is 3.09. The molecule has 1 fully saturated rings. The minimum absolute atomic E-state index is 0.0602. The van der Waals surface area contributed by atoms with Gasteiger partial charge in [0.05, 0.1) is 0 Å². The molecule has 0 radical (unpaired) electrons. The van der Waals surface area contributed by atoms with Crippen LogP contribution in [0.25, 0.3) is 10.8 Å². The molecule has 1 N–H and O–H groups in total. The summed E-state index contributed by atoms with van der Waals surface area (Å²) in [4.78, 5) is 18.9. The minimum Gasteiger partial charge on any atom is -0.337 e. The predicted molar refractivity (Wildman–Crippen MR) is 97.3 cm³/mol. The summed E-state index contributed by atoms with van der Waals surface area (Å²) in [6.45, 7) is 1.63. The van der Waals surface area contributed by atoms with Crippen molar-refractivity contribution in [2.75, 3.05) is 13.1 Å². The number of carbonyl (C=O) groups excluding carboxylic acids is 1. The normalized spacial score (nSPS) is 18.2. The molecule has 25 heavy (non-hydrogen) atoms. The quantitative estimate of drug-likeness (QED) is 0.798. The van der Waals surface area contributed by atoms with Gasteiger partial charge in [0.1, 0.15) is 5.69 Å². The highest BCUT2D eigenvalue weighted by Crippen LogP contribution is 2.26. The number of pyridine rings is 1. The third-order valence-corrected chi connectivity index (χ3v) is 5.13. The van der Waals surface area contributed by atoms with Crippen LogP contribution in [0.5, 0.6) is 0 Å². The van der Waals surface area contributed by atoms with E-state index in [1.165, 1.54) is 16.3 Å². The summed E-state index contributed by atoms with van der Waals surface area (Å²) in [5.74, 6) is 0.650. The van der Waals surface area contributed by atoms with Crippen molar-refractivity contribution in [3.8, 4) is 0 Å². The number of likely N-dealkylation sites (tertiary alicyclic amines) is 1. The molecule has 1 atom stereocenters. The van der Waals surface area contributed by atoms with Gasteiger partial charge in [0, 0.05) is 37.1 Å². The van der Waals surface area contributed by atoms with Crippen LogP contribution in [0.2, 0.25) is 0 Å².